The second-order valence-electron chi connectivity index (χ2n) is 12.0. The smallest absolute Gasteiger partial charge is 0.306 e. The fourth-order valence-corrected chi connectivity index (χ4v) is 5.21. The Morgan fingerprint density at radius 1 is 0.564 bits per heavy atom. The molecule has 5 nitrogen and oxygen atoms in total. The Bertz CT molecular complexity index is 551. The number of carbonyl (C=O) groups is 2. The molecule has 0 aliphatic carbocycles. The van der Waals surface area contributed by atoms with E-state index in [9.17, 15) is 9.59 Å². The summed E-state index contributed by atoms with van der Waals surface area (Å²) in [6.07, 6.45) is 25.9. The first-order valence-electron chi connectivity index (χ1n) is 16.9. The van der Waals surface area contributed by atoms with Crippen molar-refractivity contribution >= 4 is 11.9 Å². The Balaban J connectivity index is 4.36. The molecular formula is C34H67NO4. The van der Waals surface area contributed by atoms with E-state index in [-0.39, 0.29) is 30.6 Å². The van der Waals surface area contributed by atoms with Crippen LogP contribution in [0.4, 0.5) is 0 Å². The number of esters is 2. The van der Waals surface area contributed by atoms with Crippen LogP contribution in [0.3, 0.4) is 0 Å². The summed E-state index contributed by atoms with van der Waals surface area (Å²) in [5.41, 5.74) is 0. The van der Waals surface area contributed by atoms with Gasteiger partial charge in [-0.25, -0.2) is 0 Å². The molecule has 0 aromatic heterocycles. The van der Waals surface area contributed by atoms with Crippen LogP contribution < -0.4 is 0 Å². The van der Waals surface area contributed by atoms with Gasteiger partial charge in [0.15, 0.2) is 0 Å². The van der Waals surface area contributed by atoms with Gasteiger partial charge in [-0.2, -0.15) is 0 Å². The molecule has 39 heavy (non-hydrogen) atoms. The maximum atomic E-state index is 12.6. The lowest BCUT2D eigenvalue weighted by Gasteiger charge is -2.27. The molecule has 0 saturated carbocycles. The average Bonchev–Trinajstić information content (AvgIpc) is 2.91. The Labute approximate surface area is 243 Å². The van der Waals surface area contributed by atoms with E-state index in [1.54, 1.807) is 0 Å². The molecule has 0 radical (unpaired) electrons. The predicted octanol–water partition coefficient (Wildman–Crippen LogP) is 9.65. The monoisotopic (exact) mass is 554 g/mol. The third-order valence-electron chi connectivity index (χ3n) is 7.79. The van der Waals surface area contributed by atoms with Gasteiger partial charge in [-0.3, -0.25) is 9.59 Å². The molecule has 0 aliphatic rings. The van der Waals surface area contributed by atoms with E-state index in [2.05, 4.69) is 25.7 Å². The molecule has 0 spiro atoms. The number of hydrogen-bond donors (Lipinski definition) is 0. The molecule has 2 atom stereocenters. The zero-order chi connectivity index (χ0) is 29.0. The van der Waals surface area contributed by atoms with Gasteiger partial charge in [0.2, 0.25) is 0 Å². The van der Waals surface area contributed by atoms with Crippen molar-refractivity contribution in [2.45, 2.75) is 175 Å². The molecule has 0 bridgehead atoms. The lowest BCUT2D eigenvalue weighted by atomic mass is 9.90. The van der Waals surface area contributed by atoms with E-state index in [4.69, 9.17) is 9.47 Å². The van der Waals surface area contributed by atoms with Crippen molar-refractivity contribution in [1.29, 1.82) is 0 Å². The largest absolute Gasteiger partial charge is 0.462 e. The highest BCUT2D eigenvalue weighted by Crippen LogP contribution is 2.24. The highest BCUT2D eigenvalue weighted by molar-refractivity contribution is 5.70. The lowest BCUT2D eigenvalue weighted by Crippen LogP contribution is -2.33. The van der Waals surface area contributed by atoms with Gasteiger partial charge in [-0.1, -0.05) is 130 Å². The third-order valence-corrected chi connectivity index (χ3v) is 7.79. The minimum absolute atomic E-state index is 0.144. The van der Waals surface area contributed by atoms with E-state index >= 15 is 0 Å². The Hall–Kier alpha value is -1.10. The van der Waals surface area contributed by atoms with Crippen LogP contribution in [0.1, 0.15) is 168 Å². The van der Waals surface area contributed by atoms with Crippen molar-refractivity contribution in [1.82, 2.24) is 4.90 Å². The molecule has 0 saturated heterocycles. The van der Waals surface area contributed by atoms with Crippen LogP contribution in [0.5, 0.6) is 0 Å². The number of ether oxygens (including phenoxy) is 2. The molecule has 232 valence electrons. The minimum atomic E-state index is -0.323. The van der Waals surface area contributed by atoms with Crippen molar-refractivity contribution in [3.63, 3.8) is 0 Å². The lowest BCUT2D eigenvalue weighted by molar-refractivity contribution is -0.163. The Morgan fingerprint density at radius 2 is 1.03 bits per heavy atom. The van der Waals surface area contributed by atoms with Crippen LogP contribution in [-0.2, 0) is 19.1 Å². The molecule has 0 N–H and O–H groups in total. The molecule has 0 fully saturated rings. The third kappa shape index (κ3) is 25.6. The molecule has 2 unspecified atom stereocenters. The van der Waals surface area contributed by atoms with Gasteiger partial charge in [0, 0.05) is 12.8 Å². The number of nitrogens with zero attached hydrogens (tertiary/aromatic N) is 1. The van der Waals surface area contributed by atoms with Crippen LogP contribution in [0.15, 0.2) is 0 Å². The highest BCUT2D eigenvalue weighted by Gasteiger charge is 2.26. The second kappa shape index (κ2) is 28.4. The van der Waals surface area contributed by atoms with Gasteiger partial charge < -0.3 is 14.4 Å². The number of rotatable bonds is 29. The van der Waals surface area contributed by atoms with Crippen LogP contribution >= 0.6 is 0 Å². The Kier molecular flexibility index (Phi) is 27.6. The predicted molar refractivity (Wildman–Crippen MR) is 166 cm³/mol. The zero-order valence-electron chi connectivity index (χ0n) is 26.9. The molecule has 5 heteroatoms. The summed E-state index contributed by atoms with van der Waals surface area (Å²) in [7, 11) is 4.03. The van der Waals surface area contributed by atoms with Gasteiger partial charge in [0.25, 0.3) is 0 Å². The first kappa shape index (κ1) is 37.9. The van der Waals surface area contributed by atoms with Crippen molar-refractivity contribution < 1.29 is 19.1 Å². The Morgan fingerprint density at radius 3 is 1.56 bits per heavy atom. The van der Waals surface area contributed by atoms with Gasteiger partial charge in [-0.05, 0) is 52.2 Å². The van der Waals surface area contributed by atoms with E-state index in [1.165, 1.54) is 83.5 Å². The number of carbonyl (C=O) groups excluding carboxylic acids is 2. The molecule has 0 heterocycles. The first-order chi connectivity index (χ1) is 18.9. The van der Waals surface area contributed by atoms with Crippen molar-refractivity contribution in [3.05, 3.63) is 0 Å². The summed E-state index contributed by atoms with van der Waals surface area (Å²) in [5, 5.41) is 0. The summed E-state index contributed by atoms with van der Waals surface area (Å²) < 4.78 is 11.7. The average molecular weight is 554 g/mol. The molecular weight excluding hydrogens is 486 g/mol. The summed E-state index contributed by atoms with van der Waals surface area (Å²) in [4.78, 5) is 27.2. The van der Waals surface area contributed by atoms with Crippen molar-refractivity contribution in [2.75, 3.05) is 27.2 Å². The molecule has 0 aliphatic heterocycles. The van der Waals surface area contributed by atoms with Crippen molar-refractivity contribution in [3.8, 4) is 0 Å². The maximum absolute atomic E-state index is 12.6. The fourth-order valence-electron chi connectivity index (χ4n) is 5.21. The molecule has 0 aromatic carbocycles. The molecule has 0 amide bonds. The van der Waals surface area contributed by atoms with E-state index in [0.717, 1.165) is 57.9 Å². The highest BCUT2D eigenvalue weighted by atomic mass is 16.6. The minimum Gasteiger partial charge on any atom is -0.462 e. The van der Waals surface area contributed by atoms with E-state index in [1.807, 2.05) is 14.1 Å². The van der Waals surface area contributed by atoms with Crippen molar-refractivity contribution in [2.24, 2.45) is 5.92 Å². The standard InChI is InChI=1S/C34H67NO4/c1-6-9-12-13-14-15-16-17-18-19-20-21-23-27-33(36)38-30-32(39-34(37)28-24-29-35(4)5)31(25-11-8-3)26-22-10-7-2/h31-32H,6-30H2,1-5H3. The SMILES string of the molecule is CCCCCCCCCCCCCCCC(=O)OCC(OC(=O)CCCN(C)C)C(CCCC)CCCCC. The van der Waals surface area contributed by atoms with Gasteiger partial charge in [-0.15, -0.1) is 0 Å². The zero-order valence-corrected chi connectivity index (χ0v) is 26.9. The van der Waals surface area contributed by atoms with Crippen LogP contribution in [0.2, 0.25) is 0 Å². The summed E-state index contributed by atoms with van der Waals surface area (Å²) >= 11 is 0. The number of unbranched alkanes of at least 4 members (excludes halogenated alkanes) is 15. The van der Waals surface area contributed by atoms with Gasteiger partial charge in [0.05, 0.1) is 0 Å². The maximum Gasteiger partial charge on any atom is 0.306 e. The summed E-state index contributed by atoms with van der Waals surface area (Å²) in [6.45, 7) is 7.75. The van der Waals surface area contributed by atoms with E-state index < -0.39 is 0 Å². The van der Waals surface area contributed by atoms with Gasteiger partial charge in [0.1, 0.15) is 12.7 Å². The van der Waals surface area contributed by atoms with Crippen LogP contribution in [0.25, 0.3) is 0 Å². The summed E-state index contributed by atoms with van der Waals surface area (Å²) in [5.74, 6) is -0.0423. The van der Waals surface area contributed by atoms with E-state index in [0.29, 0.717) is 12.8 Å². The summed E-state index contributed by atoms with van der Waals surface area (Å²) in [6, 6.07) is 0. The fraction of sp³-hybridized carbons (Fsp3) is 0.941. The normalized spacial score (nSPS) is 13.0. The topological polar surface area (TPSA) is 55.8 Å². The second-order valence-corrected chi connectivity index (χ2v) is 12.0. The molecule has 0 aromatic rings. The quantitative estimate of drug-likeness (QED) is 0.0681. The number of hydrogen-bond acceptors (Lipinski definition) is 5. The van der Waals surface area contributed by atoms with Gasteiger partial charge >= 0.3 is 11.9 Å². The van der Waals surface area contributed by atoms with Crippen LogP contribution in [0, 0.1) is 5.92 Å². The first-order valence-corrected chi connectivity index (χ1v) is 16.9. The molecule has 0 rings (SSSR count). The van der Waals surface area contributed by atoms with Crippen LogP contribution in [-0.4, -0.2) is 50.2 Å².